The molecule has 20 heavy (non-hydrogen) atoms. The first-order valence-corrected chi connectivity index (χ1v) is 7.96. The lowest BCUT2D eigenvalue weighted by Crippen LogP contribution is -2.37. The molecule has 0 bridgehead atoms. The van der Waals surface area contributed by atoms with Crippen LogP contribution in [0.5, 0.6) is 0 Å². The summed E-state index contributed by atoms with van der Waals surface area (Å²) in [5.74, 6) is 0. The minimum Gasteiger partial charge on any atom is -0.379 e. The molecule has 112 valence electrons. The van der Waals surface area contributed by atoms with E-state index in [0.717, 1.165) is 65.3 Å². The van der Waals surface area contributed by atoms with E-state index in [1.807, 2.05) is 0 Å². The van der Waals surface area contributed by atoms with Crippen molar-refractivity contribution in [3.8, 4) is 0 Å². The Morgan fingerprint density at radius 3 is 2.90 bits per heavy atom. The number of rotatable bonds is 5. The maximum absolute atomic E-state index is 5.39. The molecule has 5 nitrogen and oxygen atoms in total. The molecule has 0 unspecified atom stereocenters. The molecule has 3 rings (SSSR count). The molecular formula is C15H26N4O. The van der Waals surface area contributed by atoms with Gasteiger partial charge in [-0.05, 0) is 12.8 Å². The molecule has 3 heterocycles. The van der Waals surface area contributed by atoms with Crippen molar-refractivity contribution < 1.29 is 4.74 Å². The Morgan fingerprint density at radius 1 is 1.25 bits per heavy atom. The van der Waals surface area contributed by atoms with E-state index < -0.39 is 0 Å². The van der Waals surface area contributed by atoms with Crippen molar-refractivity contribution in [1.82, 2.24) is 20.0 Å². The van der Waals surface area contributed by atoms with Gasteiger partial charge in [-0.3, -0.25) is 9.58 Å². The molecule has 1 fully saturated rings. The number of aromatic nitrogens is 2. The fourth-order valence-electron chi connectivity index (χ4n) is 3.23. The summed E-state index contributed by atoms with van der Waals surface area (Å²) in [6.07, 6.45) is 3.35. The topological polar surface area (TPSA) is 42.3 Å². The first-order valence-electron chi connectivity index (χ1n) is 7.96. The van der Waals surface area contributed by atoms with Crippen LogP contribution in [0.25, 0.3) is 0 Å². The van der Waals surface area contributed by atoms with Crippen LogP contribution in [0.4, 0.5) is 0 Å². The van der Waals surface area contributed by atoms with E-state index in [4.69, 9.17) is 9.84 Å². The number of hydrogen-bond donors (Lipinski definition) is 1. The Hall–Kier alpha value is -0.910. The van der Waals surface area contributed by atoms with E-state index in [1.165, 1.54) is 23.4 Å². The highest BCUT2D eigenvalue weighted by Gasteiger charge is 2.19. The second kappa shape index (κ2) is 6.70. The van der Waals surface area contributed by atoms with Gasteiger partial charge in [0, 0.05) is 56.9 Å². The Bertz CT molecular complexity index is 437. The lowest BCUT2D eigenvalue weighted by atomic mass is 10.1. The summed E-state index contributed by atoms with van der Waals surface area (Å²) in [6, 6.07) is 0. The van der Waals surface area contributed by atoms with Crippen LogP contribution in [0.2, 0.25) is 0 Å². The average Bonchev–Trinajstić information content (AvgIpc) is 2.87. The van der Waals surface area contributed by atoms with Crippen LogP contribution in [0.3, 0.4) is 0 Å². The summed E-state index contributed by atoms with van der Waals surface area (Å²) in [5.41, 5.74) is 4.23. The molecule has 1 saturated heterocycles. The van der Waals surface area contributed by atoms with E-state index in [0.29, 0.717) is 0 Å². The van der Waals surface area contributed by atoms with Crippen LogP contribution < -0.4 is 5.32 Å². The number of aryl methyl sites for hydroxylation is 2. The molecule has 0 aromatic carbocycles. The van der Waals surface area contributed by atoms with Crippen LogP contribution in [0.1, 0.15) is 30.3 Å². The van der Waals surface area contributed by atoms with Gasteiger partial charge < -0.3 is 10.1 Å². The van der Waals surface area contributed by atoms with Gasteiger partial charge in [0.2, 0.25) is 0 Å². The molecule has 1 N–H and O–H groups in total. The summed E-state index contributed by atoms with van der Waals surface area (Å²) < 4.78 is 7.66. The maximum atomic E-state index is 5.39. The lowest BCUT2D eigenvalue weighted by Gasteiger charge is -2.26. The van der Waals surface area contributed by atoms with Gasteiger partial charge >= 0.3 is 0 Å². The van der Waals surface area contributed by atoms with Crippen molar-refractivity contribution >= 4 is 0 Å². The molecule has 0 radical (unpaired) electrons. The van der Waals surface area contributed by atoms with Gasteiger partial charge in [-0.2, -0.15) is 5.10 Å². The van der Waals surface area contributed by atoms with Gasteiger partial charge in [0.25, 0.3) is 0 Å². The first kappa shape index (κ1) is 14.0. The smallest absolute Gasteiger partial charge is 0.0669 e. The molecule has 0 saturated carbocycles. The molecule has 1 aromatic heterocycles. The number of morpholine rings is 1. The molecule has 1 aromatic rings. The van der Waals surface area contributed by atoms with Gasteiger partial charge in [-0.15, -0.1) is 0 Å². The molecule has 5 heteroatoms. The Labute approximate surface area is 121 Å². The van der Waals surface area contributed by atoms with Crippen LogP contribution in [0.15, 0.2) is 0 Å². The second-order valence-corrected chi connectivity index (χ2v) is 5.68. The number of hydrogen-bond acceptors (Lipinski definition) is 4. The maximum Gasteiger partial charge on any atom is 0.0669 e. The fraction of sp³-hybridized carbons (Fsp3) is 0.800. The average molecular weight is 278 g/mol. The zero-order chi connectivity index (χ0) is 13.8. The summed E-state index contributed by atoms with van der Waals surface area (Å²) in [5, 5.41) is 8.29. The Balaban J connectivity index is 1.58. The fourth-order valence-corrected chi connectivity index (χ4v) is 3.23. The molecule has 0 amide bonds. The SMILES string of the molecule is CCc1nn(CCCN2CCOCC2)c2c1CNCC2. The normalized spacial score (nSPS) is 20.1. The molecule has 2 aliphatic heterocycles. The van der Waals surface area contributed by atoms with Crippen LogP contribution >= 0.6 is 0 Å². The molecule has 0 spiro atoms. The number of fused-ring (bicyclic) bond motifs is 1. The number of ether oxygens (including phenoxy) is 1. The second-order valence-electron chi connectivity index (χ2n) is 5.68. The summed E-state index contributed by atoms with van der Waals surface area (Å²) in [7, 11) is 0. The van der Waals surface area contributed by atoms with E-state index in [2.05, 4.69) is 21.8 Å². The van der Waals surface area contributed by atoms with Crippen molar-refractivity contribution in [2.24, 2.45) is 0 Å². The quantitative estimate of drug-likeness (QED) is 0.866. The summed E-state index contributed by atoms with van der Waals surface area (Å²) in [6.45, 7) is 10.5. The highest BCUT2D eigenvalue weighted by molar-refractivity contribution is 5.28. The Kier molecular flexibility index (Phi) is 4.70. The summed E-state index contributed by atoms with van der Waals surface area (Å²) in [4.78, 5) is 2.50. The molecule has 2 aliphatic rings. The number of nitrogens with zero attached hydrogens (tertiary/aromatic N) is 3. The van der Waals surface area contributed by atoms with E-state index >= 15 is 0 Å². The Morgan fingerprint density at radius 2 is 2.10 bits per heavy atom. The zero-order valence-corrected chi connectivity index (χ0v) is 12.5. The minimum atomic E-state index is 0.892. The van der Waals surface area contributed by atoms with E-state index in [-0.39, 0.29) is 0 Å². The standard InChI is InChI=1S/C15H26N4O/c1-2-14-13-12-16-5-4-15(13)19(17-14)7-3-6-18-8-10-20-11-9-18/h16H,2-12H2,1H3. The predicted molar refractivity (Wildman–Crippen MR) is 78.9 cm³/mol. The van der Waals surface area contributed by atoms with Crippen LogP contribution in [-0.2, 0) is 30.7 Å². The largest absolute Gasteiger partial charge is 0.379 e. The van der Waals surface area contributed by atoms with Crippen molar-refractivity contribution in [1.29, 1.82) is 0 Å². The predicted octanol–water partition coefficient (Wildman–Crippen LogP) is 0.813. The lowest BCUT2D eigenvalue weighted by molar-refractivity contribution is 0.0368. The van der Waals surface area contributed by atoms with Gasteiger partial charge in [0.1, 0.15) is 0 Å². The first-order chi connectivity index (χ1) is 9.88. The van der Waals surface area contributed by atoms with Crippen LogP contribution in [0, 0.1) is 0 Å². The highest BCUT2D eigenvalue weighted by atomic mass is 16.5. The minimum absolute atomic E-state index is 0.892. The van der Waals surface area contributed by atoms with Crippen LogP contribution in [-0.4, -0.2) is 54.1 Å². The third-order valence-corrected chi connectivity index (χ3v) is 4.37. The number of nitrogens with one attached hydrogen (secondary N) is 1. The van der Waals surface area contributed by atoms with Crippen molar-refractivity contribution in [3.63, 3.8) is 0 Å². The van der Waals surface area contributed by atoms with E-state index in [1.54, 1.807) is 0 Å². The monoisotopic (exact) mass is 278 g/mol. The van der Waals surface area contributed by atoms with Gasteiger partial charge in [-0.25, -0.2) is 0 Å². The van der Waals surface area contributed by atoms with Gasteiger partial charge in [0.05, 0.1) is 18.9 Å². The van der Waals surface area contributed by atoms with Crippen molar-refractivity contribution in [2.45, 2.75) is 39.3 Å². The molecular weight excluding hydrogens is 252 g/mol. The van der Waals surface area contributed by atoms with E-state index in [9.17, 15) is 0 Å². The highest BCUT2D eigenvalue weighted by Crippen LogP contribution is 2.19. The molecule has 0 aliphatic carbocycles. The molecule has 0 atom stereocenters. The third kappa shape index (κ3) is 3.05. The van der Waals surface area contributed by atoms with Crippen molar-refractivity contribution in [2.75, 3.05) is 39.4 Å². The zero-order valence-electron chi connectivity index (χ0n) is 12.5. The van der Waals surface area contributed by atoms with Gasteiger partial charge in [-0.1, -0.05) is 6.92 Å². The van der Waals surface area contributed by atoms with Gasteiger partial charge in [0.15, 0.2) is 0 Å². The summed E-state index contributed by atoms with van der Waals surface area (Å²) >= 11 is 0. The third-order valence-electron chi connectivity index (χ3n) is 4.37. The van der Waals surface area contributed by atoms with Crippen molar-refractivity contribution in [3.05, 3.63) is 17.0 Å².